The number of alkyl halides is 3. The summed E-state index contributed by atoms with van der Waals surface area (Å²) in [5.74, 6) is -0.652. The molecule has 0 heterocycles. The number of rotatable bonds is 5. The lowest BCUT2D eigenvalue weighted by molar-refractivity contribution is -0.183. The van der Waals surface area contributed by atoms with Crippen LogP contribution in [0.1, 0.15) is 32.6 Å². The molecule has 0 aromatic carbocycles. The number of nitrogens with zero attached hydrogens (tertiary/aromatic N) is 1. The second-order valence-electron chi connectivity index (χ2n) is 5.83. The highest BCUT2D eigenvalue weighted by atomic mass is 19.4. The summed E-state index contributed by atoms with van der Waals surface area (Å²) in [6, 6.07) is 0.389. The van der Waals surface area contributed by atoms with Gasteiger partial charge in [0.05, 0.1) is 5.92 Å². The van der Waals surface area contributed by atoms with E-state index in [-0.39, 0.29) is 0 Å². The molecule has 1 saturated carbocycles. The van der Waals surface area contributed by atoms with Crippen molar-refractivity contribution in [1.82, 2.24) is 10.2 Å². The molecule has 0 radical (unpaired) electrons. The van der Waals surface area contributed by atoms with Gasteiger partial charge in [0, 0.05) is 12.6 Å². The van der Waals surface area contributed by atoms with Crippen LogP contribution >= 0.6 is 0 Å². The summed E-state index contributed by atoms with van der Waals surface area (Å²) in [7, 11) is 4.04. The zero-order valence-corrected chi connectivity index (χ0v) is 11.6. The Balaban J connectivity index is 2.20. The van der Waals surface area contributed by atoms with Crippen LogP contribution in [-0.2, 0) is 0 Å². The van der Waals surface area contributed by atoms with E-state index in [0.29, 0.717) is 37.6 Å². The molecule has 0 aliphatic heterocycles. The smallest absolute Gasteiger partial charge is 0.313 e. The Morgan fingerprint density at radius 2 is 1.72 bits per heavy atom. The topological polar surface area (TPSA) is 15.3 Å². The fraction of sp³-hybridized carbons (Fsp3) is 1.00. The number of halogens is 3. The maximum atomic E-state index is 12.5. The second-order valence-corrected chi connectivity index (χ2v) is 5.83. The molecule has 0 aromatic heterocycles. The molecule has 1 unspecified atom stereocenters. The van der Waals surface area contributed by atoms with Gasteiger partial charge in [-0.25, -0.2) is 0 Å². The molecule has 0 bridgehead atoms. The molecule has 2 nitrogen and oxygen atoms in total. The highest BCUT2D eigenvalue weighted by Gasteiger charge is 2.41. The summed E-state index contributed by atoms with van der Waals surface area (Å²) in [4.78, 5) is 2.11. The first kappa shape index (κ1) is 15.8. The summed E-state index contributed by atoms with van der Waals surface area (Å²) in [5.41, 5.74) is 0. The van der Waals surface area contributed by atoms with Crippen LogP contribution in [0.15, 0.2) is 0 Å². The van der Waals surface area contributed by atoms with Crippen molar-refractivity contribution < 1.29 is 13.2 Å². The van der Waals surface area contributed by atoms with Crippen molar-refractivity contribution in [2.45, 2.75) is 44.8 Å². The molecule has 18 heavy (non-hydrogen) atoms. The summed E-state index contributed by atoms with van der Waals surface area (Å²) >= 11 is 0. The van der Waals surface area contributed by atoms with E-state index < -0.39 is 12.1 Å². The fourth-order valence-corrected chi connectivity index (χ4v) is 2.67. The standard InChI is InChI=1S/C13H25F3N2/c1-10(9-18(2)3)17-8-11-4-6-12(7-5-11)13(14,15)16/h10-12,17H,4-9H2,1-3H3. The van der Waals surface area contributed by atoms with Crippen LogP contribution in [0.2, 0.25) is 0 Å². The SMILES string of the molecule is CC(CN(C)C)NCC1CCC(C(F)(F)F)CC1. The number of nitrogens with one attached hydrogen (secondary N) is 1. The summed E-state index contributed by atoms with van der Waals surface area (Å²) in [5, 5.41) is 3.41. The third kappa shape index (κ3) is 5.57. The Labute approximate surface area is 108 Å². The van der Waals surface area contributed by atoms with Crippen LogP contribution in [0.4, 0.5) is 13.2 Å². The lowest BCUT2D eigenvalue weighted by Crippen LogP contribution is -2.39. The molecular formula is C13H25F3N2. The Kier molecular flexibility index (Phi) is 5.92. The molecular weight excluding hydrogens is 241 g/mol. The van der Waals surface area contributed by atoms with Crippen LogP contribution in [0, 0.1) is 11.8 Å². The second kappa shape index (κ2) is 6.75. The minimum atomic E-state index is -3.99. The number of hydrogen-bond donors (Lipinski definition) is 1. The van der Waals surface area contributed by atoms with Crippen molar-refractivity contribution >= 4 is 0 Å². The van der Waals surface area contributed by atoms with E-state index in [1.54, 1.807) is 0 Å². The van der Waals surface area contributed by atoms with Gasteiger partial charge in [-0.15, -0.1) is 0 Å². The van der Waals surface area contributed by atoms with E-state index in [2.05, 4.69) is 17.1 Å². The van der Waals surface area contributed by atoms with Gasteiger partial charge < -0.3 is 10.2 Å². The van der Waals surface area contributed by atoms with Gasteiger partial charge >= 0.3 is 6.18 Å². The molecule has 1 aliphatic carbocycles. The van der Waals surface area contributed by atoms with Crippen molar-refractivity contribution in [2.24, 2.45) is 11.8 Å². The van der Waals surface area contributed by atoms with Crippen molar-refractivity contribution in [3.63, 3.8) is 0 Å². The number of hydrogen-bond acceptors (Lipinski definition) is 2. The van der Waals surface area contributed by atoms with Crippen LogP contribution in [0.3, 0.4) is 0 Å². The average molecular weight is 266 g/mol. The molecule has 1 N–H and O–H groups in total. The van der Waals surface area contributed by atoms with Gasteiger partial charge in [-0.2, -0.15) is 13.2 Å². The quantitative estimate of drug-likeness (QED) is 0.823. The molecule has 1 aliphatic rings. The van der Waals surface area contributed by atoms with Crippen LogP contribution in [0.5, 0.6) is 0 Å². The minimum Gasteiger partial charge on any atom is -0.313 e. The molecule has 108 valence electrons. The normalized spacial score (nSPS) is 27.5. The predicted octanol–water partition coefficient (Wildman–Crippen LogP) is 2.89. The van der Waals surface area contributed by atoms with Crippen LogP contribution in [-0.4, -0.2) is 44.3 Å². The summed E-state index contributed by atoms with van der Waals surface area (Å²) < 4.78 is 37.5. The Morgan fingerprint density at radius 1 is 1.17 bits per heavy atom. The Hall–Kier alpha value is -0.290. The molecule has 0 saturated heterocycles. The molecule has 1 fully saturated rings. The fourth-order valence-electron chi connectivity index (χ4n) is 2.67. The first-order valence-electron chi connectivity index (χ1n) is 6.74. The van der Waals surface area contributed by atoms with Crippen molar-refractivity contribution in [3.05, 3.63) is 0 Å². The van der Waals surface area contributed by atoms with Gasteiger partial charge in [-0.3, -0.25) is 0 Å². The van der Waals surface area contributed by atoms with Crippen LogP contribution < -0.4 is 5.32 Å². The third-order valence-electron chi connectivity index (χ3n) is 3.70. The Morgan fingerprint density at radius 3 is 2.17 bits per heavy atom. The zero-order valence-electron chi connectivity index (χ0n) is 11.6. The molecule has 1 atom stereocenters. The van der Waals surface area contributed by atoms with E-state index in [4.69, 9.17) is 0 Å². The van der Waals surface area contributed by atoms with Gasteiger partial charge in [0.15, 0.2) is 0 Å². The first-order chi connectivity index (χ1) is 8.29. The van der Waals surface area contributed by atoms with E-state index in [9.17, 15) is 13.2 Å². The van der Waals surface area contributed by atoms with Gasteiger partial charge in [-0.1, -0.05) is 0 Å². The largest absolute Gasteiger partial charge is 0.391 e. The van der Waals surface area contributed by atoms with Gasteiger partial charge in [0.25, 0.3) is 0 Å². The molecule has 5 heteroatoms. The minimum absolute atomic E-state index is 0.303. The average Bonchev–Trinajstić information content (AvgIpc) is 2.25. The lowest BCUT2D eigenvalue weighted by Gasteiger charge is -2.31. The number of likely N-dealkylation sites (N-methyl/N-ethyl adjacent to an activating group) is 1. The van der Waals surface area contributed by atoms with Crippen molar-refractivity contribution in [3.8, 4) is 0 Å². The molecule has 1 rings (SSSR count). The monoisotopic (exact) mass is 266 g/mol. The Bertz CT molecular complexity index is 233. The van der Waals surface area contributed by atoms with Crippen molar-refractivity contribution in [2.75, 3.05) is 27.2 Å². The molecule has 0 aromatic rings. The highest BCUT2D eigenvalue weighted by molar-refractivity contribution is 4.79. The van der Waals surface area contributed by atoms with Gasteiger partial charge in [-0.05, 0) is 59.2 Å². The van der Waals surface area contributed by atoms with E-state index in [1.165, 1.54) is 0 Å². The van der Waals surface area contributed by atoms with Gasteiger partial charge in [0.1, 0.15) is 0 Å². The summed E-state index contributed by atoms with van der Waals surface area (Å²) in [6.45, 7) is 3.92. The van der Waals surface area contributed by atoms with E-state index >= 15 is 0 Å². The lowest BCUT2D eigenvalue weighted by atomic mass is 9.81. The zero-order chi connectivity index (χ0) is 13.8. The van der Waals surface area contributed by atoms with E-state index in [0.717, 1.165) is 13.1 Å². The maximum absolute atomic E-state index is 12.5. The summed E-state index contributed by atoms with van der Waals surface area (Å²) in [6.07, 6.45) is -1.98. The molecule has 0 spiro atoms. The van der Waals surface area contributed by atoms with Crippen LogP contribution in [0.25, 0.3) is 0 Å². The third-order valence-corrected chi connectivity index (χ3v) is 3.70. The van der Waals surface area contributed by atoms with Gasteiger partial charge in [0.2, 0.25) is 0 Å². The van der Waals surface area contributed by atoms with Crippen molar-refractivity contribution in [1.29, 1.82) is 0 Å². The maximum Gasteiger partial charge on any atom is 0.391 e. The predicted molar refractivity (Wildman–Crippen MR) is 67.5 cm³/mol. The highest BCUT2D eigenvalue weighted by Crippen LogP contribution is 2.39. The molecule has 0 amide bonds. The van der Waals surface area contributed by atoms with E-state index in [1.807, 2.05) is 14.1 Å². The first-order valence-corrected chi connectivity index (χ1v) is 6.74.